The molecule has 0 radical (unpaired) electrons. The minimum atomic E-state index is -0.341. The highest BCUT2D eigenvalue weighted by atomic mass is 16.3. The summed E-state index contributed by atoms with van der Waals surface area (Å²) in [4.78, 5) is 21.2. The van der Waals surface area contributed by atoms with Crippen molar-refractivity contribution in [1.29, 1.82) is 0 Å². The van der Waals surface area contributed by atoms with Gasteiger partial charge in [0.25, 0.3) is 0 Å². The van der Waals surface area contributed by atoms with Gasteiger partial charge in [0.15, 0.2) is 0 Å². The molecule has 0 aliphatic carbocycles. The van der Waals surface area contributed by atoms with Crippen LogP contribution in [0.1, 0.15) is 24.4 Å². The van der Waals surface area contributed by atoms with Gasteiger partial charge in [-0.25, -0.2) is 9.78 Å². The number of nitrogens with one attached hydrogen (secondary N) is 2. The Morgan fingerprint density at radius 1 is 1.36 bits per heavy atom. The molecular weight excluding hydrogens is 284 g/mol. The summed E-state index contributed by atoms with van der Waals surface area (Å²) in [6.45, 7) is 3.90. The maximum Gasteiger partial charge on any atom is 0.318 e. The maximum absolute atomic E-state index is 12.1. The lowest BCUT2D eigenvalue weighted by atomic mass is 10.2. The summed E-state index contributed by atoms with van der Waals surface area (Å²) in [5, 5.41) is 20.7. The molecule has 0 aliphatic rings. The molecule has 120 valence electrons. The van der Waals surface area contributed by atoms with Crippen LogP contribution >= 0.6 is 0 Å². The highest BCUT2D eigenvalue weighted by Crippen LogP contribution is 2.17. The average Bonchev–Trinajstić information content (AvgIpc) is 2.90. The molecule has 1 aromatic heterocycles. The second-order valence-electron chi connectivity index (χ2n) is 5.25. The molecule has 22 heavy (non-hydrogen) atoms. The molecule has 2 aromatic rings. The number of hydrogen-bond donors (Lipinski definition) is 4. The first-order valence-corrected chi connectivity index (χ1v) is 7.28. The summed E-state index contributed by atoms with van der Waals surface area (Å²) in [5.41, 5.74) is 2.92. The normalized spacial score (nSPS) is 12.4. The zero-order valence-electron chi connectivity index (χ0n) is 12.8. The van der Waals surface area contributed by atoms with Crippen molar-refractivity contribution in [2.75, 3.05) is 26.3 Å². The molecule has 0 spiro atoms. The van der Waals surface area contributed by atoms with Crippen LogP contribution in [0.25, 0.3) is 11.0 Å². The number of carbonyl (C=O) groups excluding carboxylic acids is 1. The Balaban J connectivity index is 2.09. The number of H-pyrrole nitrogens is 1. The number of nitrogens with zero attached hydrogens (tertiary/aromatic N) is 2. The third-order valence-corrected chi connectivity index (χ3v) is 3.43. The first kappa shape index (κ1) is 16.3. The number of imidazole rings is 1. The van der Waals surface area contributed by atoms with E-state index in [0.29, 0.717) is 5.82 Å². The average molecular weight is 306 g/mol. The number of aryl methyl sites for hydroxylation is 1. The van der Waals surface area contributed by atoms with Gasteiger partial charge >= 0.3 is 6.03 Å². The molecule has 1 atom stereocenters. The van der Waals surface area contributed by atoms with Crippen LogP contribution in [0.5, 0.6) is 0 Å². The number of benzene rings is 1. The first-order valence-electron chi connectivity index (χ1n) is 7.28. The monoisotopic (exact) mass is 306 g/mol. The van der Waals surface area contributed by atoms with E-state index in [1.807, 2.05) is 32.0 Å². The van der Waals surface area contributed by atoms with E-state index in [1.165, 1.54) is 4.90 Å². The van der Waals surface area contributed by atoms with E-state index in [-0.39, 0.29) is 38.4 Å². The lowest BCUT2D eigenvalue weighted by Crippen LogP contribution is -2.44. The highest BCUT2D eigenvalue weighted by Gasteiger charge is 2.18. The smallest absolute Gasteiger partial charge is 0.318 e. The van der Waals surface area contributed by atoms with Gasteiger partial charge in [-0.15, -0.1) is 0 Å². The second kappa shape index (κ2) is 7.24. The Morgan fingerprint density at radius 3 is 2.68 bits per heavy atom. The van der Waals surface area contributed by atoms with Crippen LogP contribution in [0.2, 0.25) is 0 Å². The minimum absolute atomic E-state index is 0.147. The number of carbonyl (C=O) groups is 1. The van der Waals surface area contributed by atoms with Crippen molar-refractivity contribution in [2.24, 2.45) is 0 Å². The molecule has 0 bridgehead atoms. The zero-order valence-corrected chi connectivity index (χ0v) is 12.8. The Bertz CT molecular complexity index is 635. The summed E-state index contributed by atoms with van der Waals surface area (Å²) >= 11 is 0. The lowest BCUT2D eigenvalue weighted by molar-refractivity contribution is 0.156. The fourth-order valence-electron chi connectivity index (χ4n) is 2.25. The number of amides is 2. The van der Waals surface area contributed by atoms with Gasteiger partial charge in [-0.1, -0.05) is 6.07 Å². The third kappa shape index (κ3) is 3.75. The van der Waals surface area contributed by atoms with E-state index in [2.05, 4.69) is 15.3 Å². The molecule has 0 aliphatic heterocycles. The van der Waals surface area contributed by atoms with Gasteiger partial charge in [0.2, 0.25) is 0 Å². The number of aliphatic hydroxyl groups excluding tert-OH is 2. The predicted octanol–water partition coefficient (Wildman–Crippen LogP) is 0.929. The standard InChI is InChI=1S/C15H22N4O3/c1-10-3-4-12-13(9-10)18-14(17-12)11(2)16-15(22)19(5-7-20)6-8-21/h3-4,9,11,20-21H,5-8H2,1-2H3,(H,16,22)(H,17,18)/t11-/m0/s1. The summed E-state index contributed by atoms with van der Waals surface area (Å²) in [6.07, 6.45) is 0. The fraction of sp³-hybridized carbons (Fsp3) is 0.467. The Hall–Kier alpha value is -2.12. The molecule has 0 saturated heterocycles. The van der Waals surface area contributed by atoms with E-state index in [9.17, 15) is 4.79 Å². The van der Waals surface area contributed by atoms with Crippen LogP contribution in [0.3, 0.4) is 0 Å². The largest absolute Gasteiger partial charge is 0.395 e. The number of aliphatic hydroxyl groups is 2. The molecule has 4 N–H and O–H groups in total. The Morgan fingerprint density at radius 2 is 2.05 bits per heavy atom. The molecule has 0 fully saturated rings. The van der Waals surface area contributed by atoms with Gasteiger partial charge in [0.1, 0.15) is 5.82 Å². The Labute approximate surface area is 129 Å². The van der Waals surface area contributed by atoms with E-state index in [4.69, 9.17) is 10.2 Å². The quantitative estimate of drug-likeness (QED) is 0.637. The van der Waals surface area contributed by atoms with Crippen LogP contribution in [0, 0.1) is 6.92 Å². The summed E-state index contributed by atoms with van der Waals surface area (Å²) < 4.78 is 0. The summed E-state index contributed by atoms with van der Waals surface area (Å²) in [7, 11) is 0. The Kier molecular flexibility index (Phi) is 5.35. The fourth-order valence-corrected chi connectivity index (χ4v) is 2.25. The second-order valence-corrected chi connectivity index (χ2v) is 5.25. The molecule has 1 heterocycles. The summed E-state index contributed by atoms with van der Waals surface area (Å²) in [6, 6.07) is 5.28. The van der Waals surface area contributed by atoms with Crippen molar-refractivity contribution < 1.29 is 15.0 Å². The molecule has 0 unspecified atom stereocenters. The maximum atomic E-state index is 12.1. The van der Waals surface area contributed by atoms with Crippen molar-refractivity contribution in [3.8, 4) is 0 Å². The van der Waals surface area contributed by atoms with E-state index in [1.54, 1.807) is 0 Å². The van der Waals surface area contributed by atoms with E-state index < -0.39 is 0 Å². The number of aromatic amines is 1. The van der Waals surface area contributed by atoms with Gasteiger partial charge in [-0.05, 0) is 31.5 Å². The molecule has 7 nitrogen and oxygen atoms in total. The topological polar surface area (TPSA) is 101 Å². The number of urea groups is 1. The minimum Gasteiger partial charge on any atom is -0.395 e. The van der Waals surface area contributed by atoms with Gasteiger partial charge in [-0.3, -0.25) is 0 Å². The van der Waals surface area contributed by atoms with Crippen LogP contribution in [0.15, 0.2) is 18.2 Å². The van der Waals surface area contributed by atoms with Gasteiger partial charge in [0, 0.05) is 13.1 Å². The van der Waals surface area contributed by atoms with Gasteiger partial charge in [0.05, 0.1) is 30.3 Å². The van der Waals surface area contributed by atoms with Gasteiger partial charge < -0.3 is 25.4 Å². The van der Waals surface area contributed by atoms with E-state index in [0.717, 1.165) is 16.6 Å². The van der Waals surface area contributed by atoms with Crippen LogP contribution in [-0.2, 0) is 0 Å². The van der Waals surface area contributed by atoms with Crippen molar-refractivity contribution >= 4 is 17.1 Å². The van der Waals surface area contributed by atoms with Crippen LogP contribution < -0.4 is 5.32 Å². The number of rotatable bonds is 6. The van der Waals surface area contributed by atoms with Crippen molar-refractivity contribution in [3.63, 3.8) is 0 Å². The van der Waals surface area contributed by atoms with Crippen molar-refractivity contribution in [2.45, 2.75) is 19.9 Å². The van der Waals surface area contributed by atoms with Crippen molar-refractivity contribution in [1.82, 2.24) is 20.2 Å². The highest BCUT2D eigenvalue weighted by molar-refractivity contribution is 5.77. The molecule has 2 rings (SSSR count). The van der Waals surface area contributed by atoms with E-state index >= 15 is 0 Å². The van der Waals surface area contributed by atoms with Crippen molar-refractivity contribution in [3.05, 3.63) is 29.6 Å². The number of hydrogen-bond acceptors (Lipinski definition) is 4. The lowest BCUT2D eigenvalue weighted by Gasteiger charge is -2.23. The summed E-state index contributed by atoms with van der Waals surface area (Å²) in [5.74, 6) is 0.668. The molecule has 2 amide bonds. The first-order chi connectivity index (χ1) is 10.5. The molecular formula is C15H22N4O3. The molecule has 1 aromatic carbocycles. The molecule has 0 saturated carbocycles. The zero-order chi connectivity index (χ0) is 16.1. The predicted molar refractivity (Wildman–Crippen MR) is 83.5 cm³/mol. The SMILES string of the molecule is Cc1ccc2nc([C@H](C)NC(=O)N(CCO)CCO)[nH]c2c1. The van der Waals surface area contributed by atoms with Crippen LogP contribution in [0.4, 0.5) is 4.79 Å². The van der Waals surface area contributed by atoms with Crippen LogP contribution in [-0.4, -0.2) is 57.4 Å². The third-order valence-electron chi connectivity index (χ3n) is 3.43. The molecule has 7 heteroatoms. The van der Waals surface area contributed by atoms with Gasteiger partial charge in [-0.2, -0.15) is 0 Å². The number of fused-ring (bicyclic) bond motifs is 1. The number of aromatic nitrogens is 2.